The molecule has 0 aliphatic carbocycles. The van der Waals surface area contributed by atoms with Crippen molar-refractivity contribution >= 4 is 16.8 Å². The molecule has 3 rings (SSSR count). The molecular formula is C18H20N4O2. The molecule has 6 heteroatoms. The normalized spacial score (nSPS) is 11.1. The quantitative estimate of drug-likeness (QED) is 0.756. The zero-order valence-electron chi connectivity index (χ0n) is 13.7. The van der Waals surface area contributed by atoms with E-state index in [1.807, 2.05) is 10.6 Å². The van der Waals surface area contributed by atoms with Crippen LogP contribution in [0.15, 0.2) is 47.7 Å². The lowest BCUT2D eigenvalue weighted by atomic mass is 10.2. The SMILES string of the molecule is CC(C)Cn1cncc1CNC(=O)c1cc(=O)c2ccccc2[nH]1. The van der Waals surface area contributed by atoms with Gasteiger partial charge in [0.2, 0.25) is 0 Å². The monoisotopic (exact) mass is 324 g/mol. The van der Waals surface area contributed by atoms with Gasteiger partial charge in [0, 0.05) is 29.7 Å². The number of carbonyl (C=O) groups excluding carboxylic acids is 1. The van der Waals surface area contributed by atoms with E-state index >= 15 is 0 Å². The van der Waals surface area contributed by atoms with Crippen LogP contribution in [0.3, 0.4) is 0 Å². The van der Waals surface area contributed by atoms with Crippen molar-refractivity contribution in [3.8, 4) is 0 Å². The molecule has 24 heavy (non-hydrogen) atoms. The van der Waals surface area contributed by atoms with Crippen LogP contribution in [0, 0.1) is 5.92 Å². The third kappa shape index (κ3) is 3.37. The second-order valence-electron chi connectivity index (χ2n) is 6.21. The third-order valence-electron chi connectivity index (χ3n) is 3.77. The van der Waals surface area contributed by atoms with E-state index in [0.717, 1.165) is 12.2 Å². The van der Waals surface area contributed by atoms with Crippen LogP contribution in [0.2, 0.25) is 0 Å². The van der Waals surface area contributed by atoms with Crippen LogP contribution in [-0.4, -0.2) is 20.4 Å². The Labute approximate surface area is 139 Å². The molecule has 3 aromatic rings. The van der Waals surface area contributed by atoms with Gasteiger partial charge in [-0.3, -0.25) is 9.59 Å². The Morgan fingerprint density at radius 2 is 2.12 bits per heavy atom. The summed E-state index contributed by atoms with van der Waals surface area (Å²) in [5, 5.41) is 3.41. The number of hydrogen-bond donors (Lipinski definition) is 2. The van der Waals surface area contributed by atoms with E-state index in [2.05, 4.69) is 29.1 Å². The van der Waals surface area contributed by atoms with Crippen molar-refractivity contribution in [1.29, 1.82) is 0 Å². The van der Waals surface area contributed by atoms with Crippen LogP contribution in [0.1, 0.15) is 30.0 Å². The molecular weight excluding hydrogens is 304 g/mol. The first-order valence-electron chi connectivity index (χ1n) is 7.94. The average Bonchev–Trinajstić information content (AvgIpc) is 2.99. The maximum atomic E-state index is 12.4. The largest absolute Gasteiger partial charge is 0.350 e. The number of fused-ring (bicyclic) bond motifs is 1. The number of nitrogens with zero attached hydrogens (tertiary/aromatic N) is 2. The van der Waals surface area contributed by atoms with Crippen LogP contribution in [0.4, 0.5) is 0 Å². The number of nitrogens with one attached hydrogen (secondary N) is 2. The first-order chi connectivity index (χ1) is 11.5. The smallest absolute Gasteiger partial charge is 0.268 e. The number of benzene rings is 1. The highest BCUT2D eigenvalue weighted by Crippen LogP contribution is 2.08. The van der Waals surface area contributed by atoms with E-state index in [9.17, 15) is 9.59 Å². The topological polar surface area (TPSA) is 79.8 Å². The summed E-state index contributed by atoms with van der Waals surface area (Å²) >= 11 is 0. The fraction of sp³-hybridized carbons (Fsp3) is 0.278. The molecule has 6 nitrogen and oxygen atoms in total. The maximum absolute atomic E-state index is 12.4. The summed E-state index contributed by atoms with van der Waals surface area (Å²) in [5.74, 6) is 0.181. The van der Waals surface area contributed by atoms with Crippen molar-refractivity contribution in [2.24, 2.45) is 5.92 Å². The number of carbonyl (C=O) groups is 1. The molecule has 0 atom stereocenters. The fourth-order valence-electron chi connectivity index (χ4n) is 2.64. The van der Waals surface area contributed by atoms with Crippen molar-refractivity contribution < 1.29 is 4.79 Å². The predicted octanol–water partition coefficient (Wildman–Crippen LogP) is 2.31. The van der Waals surface area contributed by atoms with Gasteiger partial charge < -0.3 is 14.9 Å². The lowest BCUT2D eigenvalue weighted by Crippen LogP contribution is -2.26. The van der Waals surface area contributed by atoms with Gasteiger partial charge >= 0.3 is 0 Å². The van der Waals surface area contributed by atoms with E-state index in [1.54, 1.807) is 30.7 Å². The Morgan fingerprint density at radius 3 is 2.92 bits per heavy atom. The lowest BCUT2D eigenvalue weighted by Gasteiger charge is -2.11. The molecule has 1 amide bonds. The summed E-state index contributed by atoms with van der Waals surface area (Å²) < 4.78 is 2.02. The zero-order chi connectivity index (χ0) is 17.1. The fourth-order valence-corrected chi connectivity index (χ4v) is 2.64. The maximum Gasteiger partial charge on any atom is 0.268 e. The number of amides is 1. The van der Waals surface area contributed by atoms with Gasteiger partial charge in [-0.05, 0) is 18.1 Å². The van der Waals surface area contributed by atoms with Crippen molar-refractivity contribution in [3.63, 3.8) is 0 Å². The highest BCUT2D eigenvalue weighted by Gasteiger charge is 2.11. The number of H-pyrrole nitrogens is 1. The molecule has 0 radical (unpaired) electrons. The molecule has 0 aliphatic rings. The third-order valence-corrected chi connectivity index (χ3v) is 3.77. The van der Waals surface area contributed by atoms with E-state index < -0.39 is 0 Å². The Balaban J connectivity index is 1.76. The van der Waals surface area contributed by atoms with Crippen LogP contribution in [0.5, 0.6) is 0 Å². The number of aromatic nitrogens is 3. The van der Waals surface area contributed by atoms with Gasteiger partial charge in [0.1, 0.15) is 5.69 Å². The Kier molecular flexibility index (Phi) is 4.46. The van der Waals surface area contributed by atoms with Crippen molar-refractivity contribution in [2.45, 2.75) is 26.9 Å². The molecule has 0 unspecified atom stereocenters. The number of imidazole rings is 1. The van der Waals surface area contributed by atoms with E-state index in [-0.39, 0.29) is 17.0 Å². The van der Waals surface area contributed by atoms with Crippen LogP contribution in [-0.2, 0) is 13.1 Å². The highest BCUT2D eigenvalue weighted by molar-refractivity contribution is 5.94. The van der Waals surface area contributed by atoms with Crippen molar-refractivity contribution in [3.05, 3.63) is 64.5 Å². The van der Waals surface area contributed by atoms with Crippen molar-refractivity contribution in [1.82, 2.24) is 19.9 Å². The van der Waals surface area contributed by atoms with Crippen LogP contribution in [0.25, 0.3) is 10.9 Å². The van der Waals surface area contributed by atoms with Crippen LogP contribution >= 0.6 is 0 Å². The standard InChI is InChI=1S/C18H20N4O2/c1-12(2)10-22-11-19-8-13(22)9-20-18(24)16-7-17(23)14-5-3-4-6-15(14)21-16/h3-8,11-12H,9-10H2,1-2H3,(H,20,24)(H,21,23). The number of pyridine rings is 1. The van der Waals surface area contributed by atoms with Gasteiger partial charge in [0.15, 0.2) is 5.43 Å². The highest BCUT2D eigenvalue weighted by atomic mass is 16.2. The minimum absolute atomic E-state index is 0.167. The van der Waals surface area contributed by atoms with Gasteiger partial charge in [-0.2, -0.15) is 0 Å². The predicted molar refractivity (Wildman–Crippen MR) is 92.8 cm³/mol. The molecule has 0 saturated carbocycles. The first kappa shape index (κ1) is 16.0. The number of rotatable bonds is 5. The molecule has 124 valence electrons. The average molecular weight is 324 g/mol. The lowest BCUT2D eigenvalue weighted by molar-refractivity contribution is 0.0945. The number of aromatic amines is 1. The second kappa shape index (κ2) is 6.70. The summed E-state index contributed by atoms with van der Waals surface area (Å²) in [6, 6.07) is 8.48. The Hall–Kier alpha value is -2.89. The van der Waals surface area contributed by atoms with Gasteiger partial charge in [-0.1, -0.05) is 26.0 Å². The van der Waals surface area contributed by atoms with E-state index in [4.69, 9.17) is 0 Å². The van der Waals surface area contributed by atoms with Gasteiger partial charge in [-0.25, -0.2) is 4.98 Å². The molecule has 2 N–H and O–H groups in total. The summed E-state index contributed by atoms with van der Waals surface area (Å²) in [6.07, 6.45) is 3.51. The summed E-state index contributed by atoms with van der Waals surface area (Å²) in [4.78, 5) is 31.6. The minimum atomic E-state index is -0.310. The molecule has 0 bridgehead atoms. The summed E-state index contributed by atoms with van der Waals surface area (Å²) in [6.45, 7) is 5.46. The van der Waals surface area contributed by atoms with Crippen LogP contribution < -0.4 is 10.7 Å². The van der Waals surface area contributed by atoms with E-state index in [1.165, 1.54) is 6.07 Å². The minimum Gasteiger partial charge on any atom is -0.350 e. The molecule has 2 heterocycles. The van der Waals surface area contributed by atoms with E-state index in [0.29, 0.717) is 23.4 Å². The number of hydrogen-bond acceptors (Lipinski definition) is 3. The first-order valence-corrected chi connectivity index (χ1v) is 7.94. The summed E-state index contributed by atoms with van der Waals surface area (Å²) in [5.41, 5.74) is 1.67. The second-order valence-corrected chi connectivity index (χ2v) is 6.21. The van der Waals surface area contributed by atoms with Gasteiger partial charge in [0.25, 0.3) is 5.91 Å². The Morgan fingerprint density at radius 1 is 1.33 bits per heavy atom. The molecule has 0 fully saturated rings. The molecule has 0 saturated heterocycles. The van der Waals surface area contributed by atoms with Gasteiger partial charge in [0.05, 0.1) is 18.6 Å². The van der Waals surface area contributed by atoms with Gasteiger partial charge in [-0.15, -0.1) is 0 Å². The molecule has 0 aliphatic heterocycles. The molecule has 1 aromatic carbocycles. The summed E-state index contributed by atoms with van der Waals surface area (Å²) in [7, 11) is 0. The zero-order valence-corrected chi connectivity index (χ0v) is 13.7. The molecule has 0 spiro atoms. The Bertz CT molecular complexity index is 924. The number of para-hydroxylation sites is 1. The van der Waals surface area contributed by atoms with Crippen molar-refractivity contribution in [2.75, 3.05) is 0 Å². The molecule has 2 aromatic heterocycles.